The fourth-order valence-electron chi connectivity index (χ4n) is 1.57. The maximum atomic E-state index is 11.4. The number of carbonyl (C=O) groups excluding carboxylic acids is 2. The van der Waals surface area contributed by atoms with Crippen LogP contribution in [-0.4, -0.2) is 23.9 Å². The summed E-state index contributed by atoms with van der Waals surface area (Å²) < 4.78 is 0. The van der Waals surface area contributed by atoms with E-state index in [2.05, 4.69) is 5.32 Å². The van der Waals surface area contributed by atoms with Gasteiger partial charge in [-0.15, -0.1) is 0 Å². The molecule has 1 N–H and O–H groups in total. The molecule has 1 aromatic rings. The number of nitrogens with zero attached hydrogens (tertiary/aromatic N) is 1. The van der Waals surface area contributed by atoms with E-state index < -0.39 is 6.04 Å². The second-order valence-electron chi connectivity index (χ2n) is 3.22. The van der Waals surface area contributed by atoms with Crippen LogP contribution in [0.15, 0.2) is 30.3 Å². The van der Waals surface area contributed by atoms with Gasteiger partial charge in [0, 0.05) is 7.05 Å². The van der Waals surface area contributed by atoms with Crippen molar-refractivity contribution in [2.24, 2.45) is 0 Å². The zero-order valence-electron chi connectivity index (χ0n) is 7.73. The van der Waals surface area contributed by atoms with Crippen LogP contribution < -0.4 is 5.32 Å². The average Bonchev–Trinajstić information content (AvgIpc) is 2.43. The van der Waals surface area contributed by atoms with Gasteiger partial charge in [0.15, 0.2) is 0 Å². The van der Waals surface area contributed by atoms with Crippen molar-refractivity contribution in [3.63, 3.8) is 0 Å². The Morgan fingerprint density at radius 2 is 1.86 bits per heavy atom. The Labute approximate surface area is 81.5 Å². The summed E-state index contributed by atoms with van der Waals surface area (Å²) in [5.41, 5.74) is 0.832. The van der Waals surface area contributed by atoms with Crippen molar-refractivity contribution in [2.45, 2.75) is 6.04 Å². The SMILES string of the molecule is CN1C(=O)NC(=O)[C@H]1c1ccccc1. The van der Waals surface area contributed by atoms with E-state index in [1.807, 2.05) is 30.3 Å². The fourth-order valence-corrected chi connectivity index (χ4v) is 1.57. The number of amides is 3. The first-order valence-corrected chi connectivity index (χ1v) is 4.33. The second-order valence-corrected chi connectivity index (χ2v) is 3.22. The minimum absolute atomic E-state index is 0.260. The average molecular weight is 190 g/mol. The minimum Gasteiger partial charge on any atom is -0.311 e. The van der Waals surface area contributed by atoms with Crippen molar-refractivity contribution in [1.29, 1.82) is 0 Å². The van der Waals surface area contributed by atoms with Gasteiger partial charge in [-0.25, -0.2) is 4.79 Å². The topological polar surface area (TPSA) is 49.4 Å². The first kappa shape index (κ1) is 8.74. The van der Waals surface area contributed by atoms with Gasteiger partial charge in [0.25, 0.3) is 5.91 Å². The quantitative estimate of drug-likeness (QED) is 0.669. The van der Waals surface area contributed by atoms with Crippen LogP contribution in [0, 0.1) is 0 Å². The van der Waals surface area contributed by atoms with E-state index in [-0.39, 0.29) is 11.9 Å². The summed E-state index contributed by atoms with van der Waals surface area (Å²) >= 11 is 0. The third-order valence-electron chi connectivity index (χ3n) is 2.30. The van der Waals surface area contributed by atoms with E-state index >= 15 is 0 Å². The highest BCUT2D eigenvalue weighted by atomic mass is 16.2. The third-order valence-corrected chi connectivity index (χ3v) is 2.30. The number of benzene rings is 1. The molecule has 1 aliphatic heterocycles. The molecule has 0 unspecified atom stereocenters. The van der Waals surface area contributed by atoms with Crippen LogP contribution in [0.4, 0.5) is 4.79 Å². The van der Waals surface area contributed by atoms with Gasteiger partial charge in [-0.05, 0) is 5.56 Å². The van der Waals surface area contributed by atoms with E-state index in [4.69, 9.17) is 0 Å². The highest BCUT2D eigenvalue weighted by Gasteiger charge is 2.36. The Kier molecular flexibility index (Phi) is 1.96. The van der Waals surface area contributed by atoms with Crippen molar-refractivity contribution >= 4 is 11.9 Å². The molecule has 1 atom stereocenters. The lowest BCUT2D eigenvalue weighted by atomic mass is 10.1. The number of nitrogens with one attached hydrogen (secondary N) is 1. The molecule has 14 heavy (non-hydrogen) atoms. The van der Waals surface area contributed by atoms with Crippen molar-refractivity contribution in [3.8, 4) is 0 Å². The van der Waals surface area contributed by atoms with E-state index in [9.17, 15) is 9.59 Å². The van der Waals surface area contributed by atoms with Crippen LogP contribution in [0.25, 0.3) is 0 Å². The summed E-state index contributed by atoms with van der Waals surface area (Å²) in [4.78, 5) is 24.0. The molecular weight excluding hydrogens is 180 g/mol. The minimum atomic E-state index is -0.483. The third kappa shape index (κ3) is 1.25. The zero-order chi connectivity index (χ0) is 10.1. The number of hydrogen-bond donors (Lipinski definition) is 1. The maximum absolute atomic E-state index is 11.4. The molecule has 1 heterocycles. The Hall–Kier alpha value is -1.84. The normalized spacial score (nSPS) is 21.2. The summed E-state index contributed by atoms with van der Waals surface area (Å²) in [6.07, 6.45) is 0. The number of imide groups is 1. The predicted octanol–water partition coefficient (Wildman–Crippen LogP) is 0.909. The summed E-state index contributed by atoms with van der Waals surface area (Å²) in [5, 5.41) is 2.26. The van der Waals surface area contributed by atoms with Crippen molar-refractivity contribution in [3.05, 3.63) is 35.9 Å². The molecule has 4 heteroatoms. The predicted molar refractivity (Wildman–Crippen MR) is 50.5 cm³/mol. The highest BCUT2D eigenvalue weighted by Crippen LogP contribution is 2.23. The smallest absolute Gasteiger partial charge is 0.311 e. The van der Waals surface area contributed by atoms with E-state index in [0.717, 1.165) is 5.56 Å². The molecule has 0 saturated carbocycles. The lowest BCUT2D eigenvalue weighted by molar-refractivity contribution is -0.121. The van der Waals surface area contributed by atoms with Gasteiger partial charge in [0.05, 0.1) is 0 Å². The summed E-state index contributed by atoms with van der Waals surface area (Å²) in [6, 6.07) is 8.41. The van der Waals surface area contributed by atoms with Gasteiger partial charge in [-0.2, -0.15) is 0 Å². The molecule has 0 spiro atoms. The van der Waals surface area contributed by atoms with Crippen LogP contribution in [0.1, 0.15) is 11.6 Å². The van der Waals surface area contributed by atoms with E-state index in [1.54, 1.807) is 7.05 Å². The first-order valence-electron chi connectivity index (χ1n) is 4.33. The molecule has 72 valence electrons. The van der Waals surface area contributed by atoms with Gasteiger partial charge in [-0.1, -0.05) is 30.3 Å². The monoisotopic (exact) mass is 190 g/mol. The van der Waals surface area contributed by atoms with Crippen molar-refractivity contribution in [2.75, 3.05) is 7.05 Å². The molecule has 0 aromatic heterocycles. The van der Waals surface area contributed by atoms with Crippen LogP contribution >= 0.6 is 0 Å². The summed E-state index contributed by atoms with van der Waals surface area (Å²) in [6.45, 7) is 0. The molecule has 4 nitrogen and oxygen atoms in total. The molecule has 2 rings (SSSR count). The molecule has 1 aliphatic rings. The molecule has 1 fully saturated rings. The Morgan fingerprint density at radius 3 is 2.36 bits per heavy atom. The van der Waals surface area contributed by atoms with Crippen molar-refractivity contribution in [1.82, 2.24) is 10.2 Å². The van der Waals surface area contributed by atoms with Crippen LogP contribution in [-0.2, 0) is 4.79 Å². The van der Waals surface area contributed by atoms with E-state index in [1.165, 1.54) is 4.90 Å². The maximum Gasteiger partial charge on any atom is 0.324 e. The Bertz CT molecular complexity index is 375. The van der Waals surface area contributed by atoms with Gasteiger partial charge in [0.2, 0.25) is 0 Å². The fraction of sp³-hybridized carbons (Fsp3) is 0.200. The summed E-state index contributed by atoms with van der Waals surface area (Å²) in [5.74, 6) is -0.260. The van der Waals surface area contributed by atoms with Gasteiger partial charge >= 0.3 is 6.03 Å². The Balaban J connectivity index is 2.36. The highest BCUT2D eigenvalue weighted by molar-refractivity contribution is 6.04. The molecule has 3 amide bonds. The number of urea groups is 1. The number of likely N-dealkylation sites (N-methyl/N-ethyl adjacent to an activating group) is 1. The van der Waals surface area contributed by atoms with Gasteiger partial charge in [0.1, 0.15) is 6.04 Å². The largest absolute Gasteiger partial charge is 0.324 e. The molecule has 0 aliphatic carbocycles. The lowest BCUT2D eigenvalue weighted by Gasteiger charge is -2.15. The van der Waals surface area contributed by atoms with Crippen LogP contribution in [0.3, 0.4) is 0 Å². The standard InChI is InChI=1S/C10H10N2O2/c1-12-8(9(13)11-10(12)14)7-5-3-2-4-6-7/h2-6,8H,1H3,(H,11,13,14)/t8-/m1/s1. The van der Waals surface area contributed by atoms with Gasteiger partial charge in [-0.3, -0.25) is 10.1 Å². The second kappa shape index (κ2) is 3.14. The molecule has 1 aromatic carbocycles. The van der Waals surface area contributed by atoms with Crippen LogP contribution in [0.5, 0.6) is 0 Å². The summed E-state index contributed by atoms with van der Waals surface area (Å²) in [7, 11) is 1.61. The first-order chi connectivity index (χ1) is 6.70. The molecular formula is C10H10N2O2. The molecule has 0 radical (unpaired) electrons. The number of carbonyl (C=O) groups is 2. The Morgan fingerprint density at radius 1 is 1.21 bits per heavy atom. The number of rotatable bonds is 1. The van der Waals surface area contributed by atoms with Crippen molar-refractivity contribution < 1.29 is 9.59 Å². The number of hydrogen-bond acceptors (Lipinski definition) is 2. The molecule has 1 saturated heterocycles. The van der Waals surface area contributed by atoms with E-state index in [0.29, 0.717) is 0 Å². The van der Waals surface area contributed by atoms with Crippen LogP contribution in [0.2, 0.25) is 0 Å². The lowest BCUT2D eigenvalue weighted by Crippen LogP contribution is -2.25. The zero-order valence-corrected chi connectivity index (χ0v) is 7.73. The molecule has 0 bridgehead atoms. The van der Waals surface area contributed by atoms with Gasteiger partial charge < -0.3 is 4.90 Å².